The number of aromatic nitrogens is 1. The highest BCUT2D eigenvalue weighted by Gasteiger charge is 2.32. The normalized spacial score (nSPS) is 25.3. The number of nitrogens with zero attached hydrogens (tertiary/aromatic N) is 1. The van der Waals surface area contributed by atoms with Gasteiger partial charge in [-0.15, -0.1) is 0 Å². The minimum absolute atomic E-state index is 0.432. The van der Waals surface area contributed by atoms with Crippen molar-refractivity contribution in [2.24, 2.45) is 11.3 Å². The Bertz CT molecular complexity index is 395. The summed E-state index contributed by atoms with van der Waals surface area (Å²) < 4.78 is 5.16. The molecule has 0 amide bonds. The predicted molar refractivity (Wildman–Crippen MR) is 74.4 cm³/mol. The molecule has 1 heterocycles. The zero-order chi connectivity index (χ0) is 13.3. The largest absolute Gasteiger partial charge is 0.367 e. The summed E-state index contributed by atoms with van der Waals surface area (Å²) in [4.78, 5) is 0. The van der Waals surface area contributed by atoms with E-state index in [4.69, 9.17) is 10.3 Å². The minimum Gasteiger partial charge on any atom is -0.367 e. The average molecular weight is 250 g/mol. The van der Waals surface area contributed by atoms with Crippen molar-refractivity contribution in [1.82, 2.24) is 5.16 Å². The molecule has 1 aromatic rings. The Morgan fingerprint density at radius 1 is 1.22 bits per heavy atom. The lowest BCUT2D eigenvalue weighted by Crippen LogP contribution is -2.25. The summed E-state index contributed by atoms with van der Waals surface area (Å²) in [5.74, 6) is 1.91. The molecule has 0 saturated heterocycles. The third-order valence-electron chi connectivity index (χ3n) is 4.54. The van der Waals surface area contributed by atoms with E-state index >= 15 is 0 Å². The van der Waals surface area contributed by atoms with E-state index in [2.05, 4.69) is 32.9 Å². The molecule has 0 aliphatic heterocycles. The number of nitrogen functional groups attached to an aromatic ring is 1. The van der Waals surface area contributed by atoms with Crippen molar-refractivity contribution in [3.63, 3.8) is 0 Å². The van der Waals surface area contributed by atoms with E-state index in [1.165, 1.54) is 25.7 Å². The van der Waals surface area contributed by atoms with Gasteiger partial charge in [0.1, 0.15) is 0 Å². The van der Waals surface area contributed by atoms with Crippen LogP contribution in [0.3, 0.4) is 0 Å². The van der Waals surface area contributed by atoms with Gasteiger partial charge in [-0.2, -0.15) is 0 Å². The molecule has 1 aliphatic rings. The molecule has 3 nitrogen and oxygen atoms in total. The fourth-order valence-electron chi connectivity index (χ4n) is 3.24. The van der Waals surface area contributed by atoms with Crippen LogP contribution in [0.2, 0.25) is 0 Å². The van der Waals surface area contributed by atoms with Crippen LogP contribution in [0.5, 0.6) is 0 Å². The molecule has 0 unspecified atom stereocenters. The Balaban J connectivity index is 2.06. The van der Waals surface area contributed by atoms with Gasteiger partial charge in [-0.05, 0) is 43.4 Å². The summed E-state index contributed by atoms with van der Waals surface area (Å²) in [6.07, 6.45) is 5.96. The molecule has 0 radical (unpaired) electrons. The van der Waals surface area contributed by atoms with E-state index in [9.17, 15) is 0 Å². The predicted octanol–water partition coefficient (Wildman–Crippen LogP) is 4.14. The second-order valence-corrected chi connectivity index (χ2v) is 6.68. The maximum absolute atomic E-state index is 5.83. The van der Waals surface area contributed by atoms with E-state index < -0.39 is 0 Å². The van der Waals surface area contributed by atoms with Crippen molar-refractivity contribution in [2.45, 2.75) is 65.7 Å². The maximum Gasteiger partial charge on any atom is 0.225 e. The molecule has 102 valence electrons. The van der Waals surface area contributed by atoms with Gasteiger partial charge in [-0.1, -0.05) is 32.9 Å². The molecule has 18 heavy (non-hydrogen) atoms. The molecule has 0 atom stereocenters. The molecule has 2 rings (SSSR count). The van der Waals surface area contributed by atoms with E-state index in [0.717, 1.165) is 23.6 Å². The molecular weight excluding hydrogens is 224 g/mol. The number of nitrogens with two attached hydrogens (primary N) is 1. The summed E-state index contributed by atoms with van der Waals surface area (Å²) in [5, 5.41) is 4.20. The van der Waals surface area contributed by atoms with Gasteiger partial charge in [0, 0.05) is 11.5 Å². The van der Waals surface area contributed by atoms with E-state index in [-0.39, 0.29) is 0 Å². The Labute approximate surface area is 110 Å². The summed E-state index contributed by atoms with van der Waals surface area (Å²) in [5.41, 5.74) is 8.52. The highest BCUT2D eigenvalue weighted by Crippen LogP contribution is 2.44. The van der Waals surface area contributed by atoms with Crippen LogP contribution in [0, 0.1) is 11.3 Å². The average Bonchev–Trinajstić information content (AvgIpc) is 2.69. The van der Waals surface area contributed by atoms with Crippen molar-refractivity contribution in [2.75, 3.05) is 5.73 Å². The molecule has 3 heteroatoms. The first-order valence-corrected chi connectivity index (χ1v) is 7.17. The first-order chi connectivity index (χ1) is 8.43. The molecule has 2 N–H and O–H groups in total. The van der Waals surface area contributed by atoms with Crippen LogP contribution >= 0.6 is 0 Å². The van der Waals surface area contributed by atoms with Gasteiger partial charge in [0.2, 0.25) is 5.88 Å². The first kappa shape index (κ1) is 13.4. The van der Waals surface area contributed by atoms with Crippen LogP contribution in [0.25, 0.3) is 0 Å². The van der Waals surface area contributed by atoms with Crippen molar-refractivity contribution in [3.8, 4) is 0 Å². The van der Waals surface area contributed by atoms with Crippen molar-refractivity contribution < 1.29 is 4.52 Å². The lowest BCUT2D eigenvalue weighted by atomic mass is 9.69. The van der Waals surface area contributed by atoms with Gasteiger partial charge in [-0.25, -0.2) is 0 Å². The fourth-order valence-corrected chi connectivity index (χ4v) is 3.24. The quantitative estimate of drug-likeness (QED) is 0.858. The van der Waals surface area contributed by atoms with Crippen LogP contribution in [0.1, 0.15) is 70.6 Å². The van der Waals surface area contributed by atoms with E-state index in [1.807, 2.05) is 0 Å². The van der Waals surface area contributed by atoms with Crippen molar-refractivity contribution in [3.05, 3.63) is 11.3 Å². The summed E-state index contributed by atoms with van der Waals surface area (Å²) in [6.45, 7) is 9.17. The molecule has 1 fully saturated rings. The highest BCUT2D eigenvalue weighted by molar-refractivity contribution is 5.40. The summed E-state index contributed by atoms with van der Waals surface area (Å²) >= 11 is 0. The Morgan fingerprint density at radius 3 is 2.33 bits per heavy atom. The van der Waals surface area contributed by atoms with Crippen LogP contribution in [-0.4, -0.2) is 5.16 Å². The van der Waals surface area contributed by atoms with Crippen molar-refractivity contribution in [1.29, 1.82) is 0 Å². The van der Waals surface area contributed by atoms with Crippen LogP contribution in [0.4, 0.5) is 5.88 Å². The molecule has 0 spiro atoms. The number of hydrogen-bond donors (Lipinski definition) is 1. The zero-order valence-corrected chi connectivity index (χ0v) is 12.1. The third kappa shape index (κ3) is 2.55. The van der Waals surface area contributed by atoms with Crippen LogP contribution in [0.15, 0.2) is 4.52 Å². The summed E-state index contributed by atoms with van der Waals surface area (Å²) in [7, 11) is 0. The Morgan fingerprint density at radius 2 is 1.83 bits per heavy atom. The number of hydrogen-bond acceptors (Lipinski definition) is 3. The first-order valence-electron chi connectivity index (χ1n) is 7.17. The molecule has 1 saturated carbocycles. The second-order valence-electron chi connectivity index (χ2n) is 6.68. The summed E-state index contributed by atoms with van der Waals surface area (Å²) in [6, 6.07) is 0. The van der Waals surface area contributed by atoms with Crippen LogP contribution < -0.4 is 5.73 Å². The van der Waals surface area contributed by atoms with E-state index in [1.54, 1.807) is 0 Å². The molecule has 0 bridgehead atoms. The third-order valence-corrected chi connectivity index (χ3v) is 4.54. The van der Waals surface area contributed by atoms with Gasteiger partial charge in [0.15, 0.2) is 0 Å². The zero-order valence-electron chi connectivity index (χ0n) is 12.1. The minimum atomic E-state index is 0.432. The van der Waals surface area contributed by atoms with Gasteiger partial charge in [0.25, 0.3) is 0 Å². The highest BCUT2D eigenvalue weighted by atomic mass is 16.5. The van der Waals surface area contributed by atoms with Gasteiger partial charge in [0.05, 0.1) is 5.69 Å². The Kier molecular flexibility index (Phi) is 3.69. The fraction of sp³-hybridized carbons (Fsp3) is 0.800. The molecule has 1 aliphatic carbocycles. The van der Waals surface area contributed by atoms with Crippen molar-refractivity contribution >= 4 is 5.88 Å². The van der Waals surface area contributed by atoms with Gasteiger partial charge >= 0.3 is 0 Å². The molecule has 1 aromatic heterocycles. The lowest BCUT2D eigenvalue weighted by Gasteiger charge is -2.36. The lowest BCUT2D eigenvalue weighted by molar-refractivity contribution is 0.167. The van der Waals surface area contributed by atoms with Gasteiger partial charge < -0.3 is 10.3 Å². The molecule has 0 aromatic carbocycles. The topological polar surface area (TPSA) is 52.0 Å². The van der Waals surface area contributed by atoms with E-state index in [0.29, 0.717) is 17.2 Å². The second kappa shape index (κ2) is 4.94. The standard InChI is InChI=1S/C15H26N2O/c1-5-12-13(17-18-14(12)16)10-6-8-11(9-7-10)15(2,3)4/h10-11H,5-9,16H2,1-4H3. The molecular formula is C15H26N2O. The number of rotatable bonds is 2. The maximum atomic E-state index is 5.83. The SMILES string of the molecule is CCc1c(C2CCC(C(C)(C)C)CC2)noc1N. The smallest absolute Gasteiger partial charge is 0.225 e. The number of anilines is 1. The van der Waals surface area contributed by atoms with Gasteiger partial charge in [-0.3, -0.25) is 0 Å². The monoisotopic (exact) mass is 250 g/mol. The Hall–Kier alpha value is -0.990. The van der Waals surface area contributed by atoms with Crippen LogP contribution in [-0.2, 0) is 6.42 Å².